The van der Waals surface area contributed by atoms with E-state index in [4.69, 9.17) is 31.9 Å². The minimum Gasteiger partial charge on any atom is -0.426 e. The molecule has 146 valence electrons. The van der Waals surface area contributed by atoms with Crippen molar-refractivity contribution >= 4 is 19.3 Å². The standard InChI is InChI=1S/C11H24O6Si.C3H10O2Si/c1-5-18(15-9-6-12-2,16-10-7-13-3)17-11-8-14-4;1-4-2-3-5-6/h5H,1,6-11H2,2-4H3;2-3H2,1,6H3. The Kier molecular flexibility index (Phi) is 22.7. The fourth-order valence-electron chi connectivity index (χ4n) is 1.27. The van der Waals surface area contributed by atoms with E-state index in [1.165, 1.54) is 0 Å². The Hall–Kier alpha value is -0.146. The molecule has 0 atom stereocenters. The van der Waals surface area contributed by atoms with Crippen molar-refractivity contribution in [1.29, 1.82) is 0 Å². The van der Waals surface area contributed by atoms with E-state index >= 15 is 0 Å². The van der Waals surface area contributed by atoms with Crippen LogP contribution < -0.4 is 0 Å². The SMILES string of the molecule is C=C[Si](OCCOC)(OCCOC)OCCOC.COCCO[SiH3]. The van der Waals surface area contributed by atoms with E-state index in [-0.39, 0.29) is 0 Å². The van der Waals surface area contributed by atoms with Crippen LogP contribution in [0.4, 0.5) is 0 Å². The molecule has 8 nitrogen and oxygen atoms in total. The molecule has 0 N–H and O–H groups in total. The van der Waals surface area contributed by atoms with Gasteiger partial charge in [-0.05, 0) is 5.70 Å². The largest absolute Gasteiger partial charge is 0.529 e. The second-order valence-electron chi connectivity index (χ2n) is 4.32. The number of rotatable bonds is 16. The predicted molar refractivity (Wildman–Crippen MR) is 97.2 cm³/mol. The van der Waals surface area contributed by atoms with Gasteiger partial charge in [0.25, 0.3) is 0 Å². The highest BCUT2D eigenvalue weighted by Crippen LogP contribution is 2.11. The molecule has 0 aliphatic heterocycles. The van der Waals surface area contributed by atoms with Crippen LogP contribution in [0.3, 0.4) is 0 Å². The molecule has 0 aromatic rings. The van der Waals surface area contributed by atoms with Gasteiger partial charge in [0.05, 0.1) is 52.9 Å². The van der Waals surface area contributed by atoms with Gasteiger partial charge in [0, 0.05) is 28.4 Å². The van der Waals surface area contributed by atoms with Gasteiger partial charge in [-0.1, -0.05) is 6.58 Å². The topological polar surface area (TPSA) is 73.8 Å². The van der Waals surface area contributed by atoms with Gasteiger partial charge in [-0.3, -0.25) is 0 Å². The highest BCUT2D eigenvalue weighted by molar-refractivity contribution is 6.66. The smallest absolute Gasteiger partial charge is 0.426 e. The van der Waals surface area contributed by atoms with Crippen LogP contribution in [0.5, 0.6) is 0 Å². The Morgan fingerprint density at radius 1 is 0.667 bits per heavy atom. The van der Waals surface area contributed by atoms with E-state index in [0.29, 0.717) is 39.6 Å². The highest BCUT2D eigenvalue weighted by Gasteiger charge is 2.37. The van der Waals surface area contributed by atoms with E-state index in [1.807, 2.05) is 0 Å². The molecule has 0 fully saturated rings. The molecule has 0 aliphatic rings. The van der Waals surface area contributed by atoms with Crippen molar-refractivity contribution in [2.75, 3.05) is 81.3 Å². The van der Waals surface area contributed by atoms with Crippen molar-refractivity contribution in [1.82, 2.24) is 0 Å². The van der Waals surface area contributed by atoms with Gasteiger partial charge in [0.1, 0.15) is 10.5 Å². The first-order valence-electron chi connectivity index (χ1n) is 7.66. The maximum absolute atomic E-state index is 5.65. The van der Waals surface area contributed by atoms with Crippen molar-refractivity contribution in [3.63, 3.8) is 0 Å². The Balaban J connectivity index is 0. The molecule has 0 saturated carbocycles. The van der Waals surface area contributed by atoms with E-state index < -0.39 is 8.80 Å². The number of methoxy groups -OCH3 is 4. The summed E-state index contributed by atoms with van der Waals surface area (Å²) in [7, 11) is 4.46. The summed E-state index contributed by atoms with van der Waals surface area (Å²) in [5.74, 6) is 0. The summed E-state index contributed by atoms with van der Waals surface area (Å²) >= 11 is 0. The number of hydrogen-bond acceptors (Lipinski definition) is 8. The van der Waals surface area contributed by atoms with Gasteiger partial charge < -0.3 is 36.7 Å². The lowest BCUT2D eigenvalue weighted by atomic mass is 10.8. The molecule has 0 saturated heterocycles. The average Bonchev–Trinajstić information content (AvgIpc) is 2.60. The Morgan fingerprint density at radius 2 is 1.00 bits per heavy atom. The molecule has 0 radical (unpaired) electrons. The molecule has 0 rings (SSSR count). The summed E-state index contributed by atoms with van der Waals surface area (Å²) in [6.07, 6.45) is 0. The first kappa shape index (κ1) is 26.1. The molecule has 0 aromatic heterocycles. The van der Waals surface area contributed by atoms with Gasteiger partial charge in [-0.2, -0.15) is 0 Å². The second-order valence-corrected chi connectivity index (χ2v) is 7.38. The van der Waals surface area contributed by atoms with Crippen LogP contribution in [0.1, 0.15) is 0 Å². The summed E-state index contributed by atoms with van der Waals surface area (Å²) in [5, 5.41) is 0. The first-order chi connectivity index (χ1) is 11.7. The van der Waals surface area contributed by atoms with Crippen LogP contribution in [-0.4, -0.2) is 101 Å². The van der Waals surface area contributed by atoms with Crippen molar-refractivity contribution < 1.29 is 36.7 Å². The van der Waals surface area contributed by atoms with Crippen molar-refractivity contribution in [2.45, 2.75) is 0 Å². The zero-order valence-electron chi connectivity index (χ0n) is 15.7. The number of ether oxygens (including phenoxy) is 4. The van der Waals surface area contributed by atoms with Crippen LogP contribution >= 0.6 is 0 Å². The first-order valence-corrected chi connectivity index (χ1v) is 10.3. The third-order valence-corrected chi connectivity index (χ3v) is 5.24. The maximum Gasteiger partial charge on any atom is 0.529 e. The Bertz CT molecular complexity index is 228. The van der Waals surface area contributed by atoms with Crippen LogP contribution in [0.2, 0.25) is 0 Å². The zero-order chi connectivity index (χ0) is 18.5. The molecule has 0 heterocycles. The van der Waals surface area contributed by atoms with E-state index in [0.717, 1.165) is 23.7 Å². The summed E-state index contributed by atoms with van der Waals surface area (Å²) in [6.45, 7) is 7.83. The molecule has 0 aromatic carbocycles. The summed E-state index contributed by atoms with van der Waals surface area (Å²) < 4.78 is 41.2. The molecule has 0 bridgehead atoms. The summed E-state index contributed by atoms with van der Waals surface area (Å²) in [5.41, 5.74) is 1.61. The second kappa shape index (κ2) is 20.9. The van der Waals surface area contributed by atoms with Crippen LogP contribution in [0, 0.1) is 0 Å². The average molecular weight is 387 g/mol. The van der Waals surface area contributed by atoms with Crippen molar-refractivity contribution in [3.8, 4) is 0 Å². The number of hydrogen-bond donors (Lipinski definition) is 0. The molecule has 24 heavy (non-hydrogen) atoms. The quantitative estimate of drug-likeness (QED) is 0.261. The lowest BCUT2D eigenvalue weighted by molar-refractivity contribution is 0.0232. The lowest BCUT2D eigenvalue weighted by Crippen LogP contribution is -2.46. The fourth-order valence-corrected chi connectivity index (χ4v) is 3.14. The van der Waals surface area contributed by atoms with Gasteiger partial charge in [-0.15, -0.1) is 0 Å². The van der Waals surface area contributed by atoms with Gasteiger partial charge in [0.15, 0.2) is 0 Å². The zero-order valence-corrected chi connectivity index (χ0v) is 18.7. The fraction of sp³-hybridized carbons (Fsp3) is 0.857. The monoisotopic (exact) mass is 386 g/mol. The molecule has 10 heteroatoms. The third kappa shape index (κ3) is 16.7. The van der Waals surface area contributed by atoms with Gasteiger partial charge >= 0.3 is 8.80 Å². The minimum atomic E-state index is -2.86. The van der Waals surface area contributed by atoms with E-state index in [1.54, 1.807) is 34.1 Å². The van der Waals surface area contributed by atoms with Gasteiger partial charge in [-0.25, -0.2) is 0 Å². The Labute approximate surface area is 150 Å². The summed E-state index contributed by atoms with van der Waals surface area (Å²) in [6, 6.07) is 0. The van der Waals surface area contributed by atoms with E-state index in [9.17, 15) is 0 Å². The maximum atomic E-state index is 5.65. The lowest BCUT2D eigenvalue weighted by Gasteiger charge is -2.26. The minimum absolute atomic E-state index is 0.398. The predicted octanol–water partition coefficient (Wildman–Crippen LogP) is -0.431. The molecule has 0 amide bonds. The van der Waals surface area contributed by atoms with Crippen LogP contribution in [-0.2, 0) is 36.7 Å². The molecular formula is C14H34O8Si2. The highest BCUT2D eigenvalue weighted by atomic mass is 28.4. The van der Waals surface area contributed by atoms with Crippen molar-refractivity contribution in [3.05, 3.63) is 12.3 Å². The van der Waals surface area contributed by atoms with Crippen LogP contribution in [0.25, 0.3) is 0 Å². The van der Waals surface area contributed by atoms with Crippen molar-refractivity contribution in [2.24, 2.45) is 0 Å². The third-order valence-electron chi connectivity index (χ3n) is 2.51. The molecular weight excluding hydrogens is 352 g/mol. The van der Waals surface area contributed by atoms with Crippen LogP contribution in [0.15, 0.2) is 12.3 Å². The molecule has 0 unspecified atom stereocenters. The Morgan fingerprint density at radius 3 is 1.21 bits per heavy atom. The van der Waals surface area contributed by atoms with Gasteiger partial charge in [0.2, 0.25) is 0 Å². The summed E-state index contributed by atoms with van der Waals surface area (Å²) in [4.78, 5) is 0. The molecule has 0 spiro atoms. The molecule has 0 aliphatic carbocycles. The van der Waals surface area contributed by atoms with E-state index in [2.05, 4.69) is 11.3 Å². The normalized spacial score (nSPS) is 11.2.